The zero-order valence-electron chi connectivity index (χ0n) is 29.1. The average Bonchev–Trinajstić information content (AvgIpc) is 3.02. The van der Waals surface area contributed by atoms with Gasteiger partial charge in [-0.15, -0.1) is 11.6 Å². The molecule has 0 N–H and O–H groups in total. The maximum Gasteiger partial charge on any atom is 0.305 e. The molecule has 0 spiro atoms. The van der Waals surface area contributed by atoms with Crippen molar-refractivity contribution in [2.24, 2.45) is 0 Å². The van der Waals surface area contributed by atoms with E-state index in [1.54, 1.807) is 0 Å². The Labute approximate surface area is 278 Å². The number of esters is 2. The molecule has 0 radical (unpaired) electrons. The quantitative estimate of drug-likeness (QED) is 0.0304. The summed E-state index contributed by atoms with van der Waals surface area (Å²) >= 11 is 6.20. The first kappa shape index (κ1) is 42.7. The van der Waals surface area contributed by atoms with Gasteiger partial charge in [0.25, 0.3) is 0 Å². The minimum atomic E-state index is -0.492. The van der Waals surface area contributed by atoms with Crippen molar-refractivity contribution in [1.29, 1.82) is 0 Å². The van der Waals surface area contributed by atoms with Gasteiger partial charge in [0.2, 0.25) is 0 Å². The number of hydrogen-bond acceptors (Lipinski definition) is 4. The van der Waals surface area contributed by atoms with Crippen molar-refractivity contribution in [2.75, 3.05) is 13.2 Å². The maximum atomic E-state index is 12.0. The maximum absolute atomic E-state index is 12.0. The second kappa shape index (κ2) is 36.2. The van der Waals surface area contributed by atoms with Gasteiger partial charge < -0.3 is 9.47 Å². The number of allylic oxidation sites excluding steroid dienone is 4. The number of halogens is 1. The van der Waals surface area contributed by atoms with Crippen molar-refractivity contribution in [1.82, 2.24) is 0 Å². The molecule has 0 aromatic carbocycles. The first-order chi connectivity index (χ1) is 21.6. The molecule has 5 heteroatoms. The fourth-order valence-corrected chi connectivity index (χ4v) is 5.41. The third-order valence-corrected chi connectivity index (χ3v) is 8.42. The Morgan fingerprint density at radius 3 is 1.20 bits per heavy atom. The zero-order chi connectivity index (χ0) is 32.2. The minimum Gasteiger partial charge on any atom is -0.464 e. The van der Waals surface area contributed by atoms with Crippen LogP contribution in [0.5, 0.6) is 0 Å². The van der Waals surface area contributed by atoms with E-state index in [-0.39, 0.29) is 25.2 Å². The summed E-state index contributed by atoms with van der Waals surface area (Å²) in [5, 5.41) is -0.492. The molecule has 0 fully saturated rings. The van der Waals surface area contributed by atoms with Crippen LogP contribution in [0.25, 0.3) is 0 Å². The van der Waals surface area contributed by atoms with E-state index in [4.69, 9.17) is 21.1 Å². The molecule has 0 amide bonds. The van der Waals surface area contributed by atoms with Gasteiger partial charge in [-0.3, -0.25) is 9.59 Å². The van der Waals surface area contributed by atoms with Crippen LogP contribution in [-0.2, 0) is 19.1 Å². The highest BCUT2D eigenvalue weighted by Gasteiger charge is 2.12. The summed E-state index contributed by atoms with van der Waals surface area (Å²) in [5.41, 5.74) is 0. The van der Waals surface area contributed by atoms with Gasteiger partial charge in [0.1, 0.15) is 18.6 Å². The molecule has 44 heavy (non-hydrogen) atoms. The molecule has 0 aromatic rings. The average molecular weight is 639 g/mol. The Hall–Kier alpha value is -1.29. The summed E-state index contributed by atoms with van der Waals surface area (Å²) in [6, 6.07) is 0. The van der Waals surface area contributed by atoms with Crippen LogP contribution in [0.15, 0.2) is 24.3 Å². The topological polar surface area (TPSA) is 52.6 Å². The number of hydrogen-bond donors (Lipinski definition) is 0. The second-order valence-corrected chi connectivity index (χ2v) is 13.3. The Kier molecular flexibility index (Phi) is 35.1. The van der Waals surface area contributed by atoms with Gasteiger partial charge in [0.05, 0.1) is 0 Å². The van der Waals surface area contributed by atoms with E-state index in [1.165, 1.54) is 122 Å². The van der Waals surface area contributed by atoms with E-state index in [2.05, 4.69) is 38.2 Å². The smallest absolute Gasteiger partial charge is 0.305 e. The van der Waals surface area contributed by atoms with Crippen molar-refractivity contribution in [3.63, 3.8) is 0 Å². The van der Waals surface area contributed by atoms with E-state index in [0.717, 1.165) is 44.9 Å². The van der Waals surface area contributed by atoms with Crippen LogP contribution in [0, 0.1) is 0 Å². The largest absolute Gasteiger partial charge is 0.464 e. The monoisotopic (exact) mass is 639 g/mol. The number of unbranched alkanes of at least 4 members (excludes halogenated alkanes) is 22. The van der Waals surface area contributed by atoms with Gasteiger partial charge in [0.15, 0.2) is 0 Å². The van der Waals surface area contributed by atoms with Crippen molar-refractivity contribution in [3.05, 3.63) is 24.3 Å². The zero-order valence-corrected chi connectivity index (χ0v) is 29.9. The molecule has 0 aromatic heterocycles. The Bertz CT molecular complexity index is 675. The lowest BCUT2D eigenvalue weighted by Gasteiger charge is -2.11. The Morgan fingerprint density at radius 1 is 0.477 bits per heavy atom. The van der Waals surface area contributed by atoms with Crippen LogP contribution >= 0.6 is 11.6 Å². The van der Waals surface area contributed by atoms with Gasteiger partial charge >= 0.3 is 11.9 Å². The van der Waals surface area contributed by atoms with E-state index in [1.807, 2.05) is 0 Å². The lowest BCUT2D eigenvalue weighted by molar-refractivity contribution is -0.146. The molecule has 1 atom stereocenters. The SMILES string of the molecule is CCCCC/C=C\C/C=C\CCCCCCCC(=O)OCC(Cl)COC(=O)CCCCCCCCCCCCCCCCC. The molecule has 258 valence electrons. The molecule has 1 unspecified atom stereocenters. The predicted molar refractivity (Wildman–Crippen MR) is 190 cm³/mol. The number of carbonyl (C=O) groups is 2. The molecule has 0 aliphatic carbocycles. The van der Waals surface area contributed by atoms with Crippen molar-refractivity contribution >= 4 is 23.5 Å². The molecule has 4 nitrogen and oxygen atoms in total. The molecule has 0 saturated heterocycles. The summed E-state index contributed by atoms with van der Waals surface area (Å²) in [5.74, 6) is -0.424. The first-order valence-corrected chi connectivity index (χ1v) is 19.3. The third kappa shape index (κ3) is 35.2. The van der Waals surface area contributed by atoms with Gasteiger partial charge in [-0.25, -0.2) is 0 Å². The van der Waals surface area contributed by atoms with Crippen molar-refractivity contribution < 1.29 is 19.1 Å². The molecular weight excluding hydrogens is 568 g/mol. The standard InChI is InChI=1S/C39H71ClO4/c1-3-5-7-9-11-13-15-17-19-21-23-25-27-29-31-33-38(41)43-35-37(40)36-44-39(42)34-32-30-28-26-24-22-20-18-16-14-12-10-8-6-4-2/h11,13,17,19,37H,3-10,12,14-16,18,20-36H2,1-2H3/b13-11-,19-17-. The summed E-state index contributed by atoms with van der Waals surface area (Å²) in [4.78, 5) is 24.0. The number of rotatable bonds is 34. The summed E-state index contributed by atoms with van der Waals surface area (Å²) in [7, 11) is 0. The number of alkyl halides is 1. The Balaban J connectivity index is 3.44. The fourth-order valence-electron chi connectivity index (χ4n) is 5.28. The minimum absolute atomic E-state index is 0.0902. The lowest BCUT2D eigenvalue weighted by atomic mass is 10.0. The van der Waals surface area contributed by atoms with Gasteiger partial charge in [-0.2, -0.15) is 0 Å². The lowest BCUT2D eigenvalue weighted by Crippen LogP contribution is -2.21. The summed E-state index contributed by atoms with van der Waals surface area (Å²) in [6.07, 6.45) is 42.3. The van der Waals surface area contributed by atoms with Crippen LogP contribution in [-0.4, -0.2) is 30.5 Å². The van der Waals surface area contributed by atoms with E-state index in [9.17, 15) is 9.59 Å². The molecule has 0 aliphatic heterocycles. The van der Waals surface area contributed by atoms with Crippen LogP contribution in [0.1, 0.15) is 194 Å². The predicted octanol–water partition coefficient (Wildman–Crippen LogP) is 12.8. The fraction of sp³-hybridized carbons (Fsp3) is 0.846. The number of carbonyl (C=O) groups excluding carboxylic acids is 2. The highest BCUT2D eigenvalue weighted by atomic mass is 35.5. The molecule has 0 heterocycles. The molecule has 0 bridgehead atoms. The highest BCUT2D eigenvalue weighted by Crippen LogP contribution is 2.14. The van der Waals surface area contributed by atoms with Crippen molar-refractivity contribution in [3.8, 4) is 0 Å². The van der Waals surface area contributed by atoms with Crippen LogP contribution in [0.2, 0.25) is 0 Å². The van der Waals surface area contributed by atoms with E-state index in [0.29, 0.717) is 12.8 Å². The number of ether oxygens (including phenoxy) is 2. The van der Waals surface area contributed by atoms with Gasteiger partial charge in [-0.05, 0) is 44.9 Å². The molecular formula is C39H71ClO4. The highest BCUT2D eigenvalue weighted by molar-refractivity contribution is 6.21. The summed E-state index contributed by atoms with van der Waals surface area (Å²) < 4.78 is 10.5. The summed E-state index contributed by atoms with van der Waals surface area (Å²) in [6.45, 7) is 4.69. The van der Waals surface area contributed by atoms with Crippen LogP contribution in [0.4, 0.5) is 0 Å². The van der Waals surface area contributed by atoms with Gasteiger partial charge in [0, 0.05) is 12.8 Å². The van der Waals surface area contributed by atoms with Crippen molar-refractivity contribution in [2.45, 2.75) is 199 Å². The Morgan fingerprint density at radius 2 is 0.795 bits per heavy atom. The second-order valence-electron chi connectivity index (χ2n) is 12.6. The first-order valence-electron chi connectivity index (χ1n) is 18.8. The molecule has 0 saturated carbocycles. The normalized spacial score (nSPS) is 12.3. The molecule has 0 aliphatic rings. The third-order valence-electron chi connectivity index (χ3n) is 8.17. The molecule has 0 rings (SSSR count). The van der Waals surface area contributed by atoms with Crippen LogP contribution in [0.3, 0.4) is 0 Å². The van der Waals surface area contributed by atoms with Gasteiger partial charge in [-0.1, -0.05) is 160 Å². The van der Waals surface area contributed by atoms with E-state index < -0.39 is 5.38 Å². The van der Waals surface area contributed by atoms with E-state index >= 15 is 0 Å². The van der Waals surface area contributed by atoms with Crippen LogP contribution < -0.4 is 0 Å².